The van der Waals surface area contributed by atoms with Gasteiger partial charge in [-0.25, -0.2) is 4.79 Å². The second kappa shape index (κ2) is 13.5. The Kier molecular flexibility index (Phi) is 10.8. The Morgan fingerprint density at radius 3 is 2.27 bits per heavy atom. The molecular weight excluding hydrogens is 514 g/mol. The van der Waals surface area contributed by atoms with E-state index in [1.165, 1.54) is 16.2 Å². The van der Waals surface area contributed by atoms with Gasteiger partial charge < -0.3 is 19.9 Å². The molecule has 6 heteroatoms. The standard InChI is InChI=1S/C32H45N3O2S.C2H6/c1-9-37-29(36)24-15-17-25(18-16-24)35(21-22(2)3)30-34(8)27-28(38-30)31(4,5)19-26(32(27,6)7)33-20-23-13-11-10-12-14-23;1-2/h10-18,22,26,30,33H,9,19-21H2,1-8H3;1-2H3. The van der Waals surface area contributed by atoms with Crippen molar-refractivity contribution in [1.82, 2.24) is 10.2 Å². The molecule has 1 heterocycles. The van der Waals surface area contributed by atoms with E-state index in [2.05, 4.69) is 106 Å². The number of carbonyl (C=O) groups excluding carboxylic acids is 1. The maximum atomic E-state index is 12.2. The fourth-order valence-electron chi connectivity index (χ4n) is 5.92. The number of nitrogens with one attached hydrogen (secondary N) is 1. The summed E-state index contributed by atoms with van der Waals surface area (Å²) in [5, 5.41) is 3.92. The summed E-state index contributed by atoms with van der Waals surface area (Å²) in [6, 6.07) is 19.0. The summed E-state index contributed by atoms with van der Waals surface area (Å²) in [7, 11) is 2.26. The minimum absolute atomic E-state index is 0.0204. The first-order chi connectivity index (χ1) is 19.0. The highest BCUT2D eigenvalue weighted by Crippen LogP contribution is 2.59. The SMILES string of the molecule is CC.CCOC(=O)c1ccc(N(CC(C)C)C2SC3=C(N2C)C(C)(C)C(NCc2ccccc2)CC3(C)C)cc1. The lowest BCUT2D eigenvalue weighted by Gasteiger charge is -2.48. The Bertz CT molecular complexity index is 1140. The van der Waals surface area contributed by atoms with Crippen molar-refractivity contribution in [2.24, 2.45) is 16.7 Å². The number of allylic oxidation sites excluding steroid dienone is 1. The summed E-state index contributed by atoms with van der Waals surface area (Å²) in [5.74, 6) is 0.226. The average molecular weight is 566 g/mol. The summed E-state index contributed by atoms with van der Waals surface area (Å²) >= 11 is 2.00. The molecule has 220 valence electrons. The molecule has 0 amide bonds. The van der Waals surface area contributed by atoms with Crippen molar-refractivity contribution in [1.29, 1.82) is 0 Å². The zero-order valence-corrected chi connectivity index (χ0v) is 27.2. The number of benzene rings is 2. The first-order valence-corrected chi connectivity index (χ1v) is 15.8. The van der Waals surface area contributed by atoms with Gasteiger partial charge in [-0.1, -0.05) is 97.5 Å². The van der Waals surface area contributed by atoms with Crippen LogP contribution >= 0.6 is 11.8 Å². The molecule has 1 aliphatic carbocycles. The fraction of sp³-hybridized carbons (Fsp3) is 0.559. The van der Waals surface area contributed by atoms with Crippen LogP contribution in [0.3, 0.4) is 0 Å². The lowest BCUT2D eigenvalue weighted by atomic mass is 9.66. The van der Waals surface area contributed by atoms with E-state index >= 15 is 0 Å². The quantitative estimate of drug-likeness (QED) is 0.310. The van der Waals surface area contributed by atoms with Gasteiger partial charge in [0, 0.05) is 47.9 Å². The van der Waals surface area contributed by atoms with E-state index in [0.717, 1.165) is 25.2 Å². The maximum Gasteiger partial charge on any atom is 0.338 e. The predicted octanol–water partition coefficient (Wildman–Crippen LogP) is 8.14. The molecule has 2 aromatic carbocycles. The van der Waals surface area contributed by atoms with Crippen LogP contribution in [0.1, 0.15) is 84.7 Å². The van der Waals surface area contributed by atoms with Crippen molar-refractivity contribution in [2.45, 2.75) is 86.8 Å². The van der Waals surface area contributed by atoms with E-state index in [1.54, 1.807) is 0 Å². The Morgan fingerprint density at radius 1 is 1.07 bits per heavy atom. The van der Waals surface area contributed by atoms with Crippen LogP contribution in [0.25, 0.3) is 0 Å². The third-order valence-electron chi connectivity index (χ3n) is 7.87. The summed E-state index contributed by atoms with van der Waals surface area (Å²) in [5.41, 5.74) is 4.71. The van der Waals surface area contributed by atoms with E-state index in [0.29, 0.717) is 24.1 Å². The van der Waals surface area contributed by atoms with Crippen LogP contribution in [-0.2, 0) is 11.3 Å². The van der Waals surface area contributed by atoms with Gasteiger partial charge in [-0.3, -0.25) is 0 Å². The van der Waals surface area contributed by atoms with Gasteiger partial charge >= 0.3 is 5.97 Å². The molecule has 1 N–H and O–H groups in total. The van der Waals surface area contributed by atoms with Crippen molar-refractivity contribution in [2.75, 3.05) is 25.1 Å². The van der Waals surface area contributed by atoms with Gasteiger partial charge in [-0.05, 0) is 54.5 Å². The highest BCUT2D eigenvalue weighted by Gasteiger charge is 2.52. The molecule has 2 unspecified atom stereocenters. The second-order valence-corrected chi connectivity index (χ2v) is 13.3. The van der Waals surface area contributed by atoms with E-state index in [9.17, 15) is 4.79 Å². The van der Waals surface area contributed by atoms with Crippen LogP contribution < -0.4 is 10.2 Å². The van der Waals surface area contributed by atoms with Gasteiger partial charge in [0.05, 0.1) is 12.2 Å². The Labute approximate surface area is 247 Å². The van der Waals surface area contributed by atoms with Crippen LogP contribution in [0.2, 0.25) is 0 Å². The monoisotopic (exact) mass is 565 g/mol. The van der Waals surface area contributed by atoms with Gasteiger partial charge in [0.25, 0.3) is 0 Å². The molecule has 0 bridgehead atoms. The van der Waals surface area contributed by atoms with Crippen LogP contribution in [0, 0.1) is 16.7 Å². The minimum atomic E-state index is -0.267. The number of nitrogens with zero attached hydrogens (tertiary/aromatic N) is 2. The molecule has 4 rings (SSSR count). The van der Waals surface area contributed by atoms with Gasteiger partial charge in [0.15, 0.2) is 5.50 Å². The number of thioether (sulfide) groups is 1. The average Bonchev–Trinajstić information content (AvgIpc) is 3.29. The van der Waals surface area contributed by atoms with E-state index in [-0.39, 0.29) is 22.3 Å². The van der Waals surface area contributed by atoms with Gasteiger partial charge in [-0.2, -0.15) is 0 Å². The van der Waals surface area contributed by atoms with Crippen molar-refractivity contribution < 1.29 is 9.53 Å². The molecule has 0 aromatic heterocycles. The third kappa shape index (κ3) is 6.88. The highest BCUT2D eigenvalue weighted by atomic mass is 32.2. The Balaban J connectivity index is 0.00000216. The number of hydrogen-bond donors (Lipinski definition) is 1. The second-order valence-electron chi connectivity index (χ2n) is 12.3. The number of carbonyl (C=O) groups is 1. The molecule has 1 aliphatic heterocycles. The summed E-state index contributed by atoms with van der Waals surface area (Å²) in [6.07, 6.45) is 1.09. The summed E-state index contributed by atoms with van der Waals surface area (Å²) in [4.78, 5) is 18.8. The Hall–Kier alpha value is -2.44. The number of anilines is 1. The van der Waals surface area contributed by atoms with Crippen molar-refractivity contribution in [3.8, 4) is 0 Å². The smallest absolute Gasteiger partial charge is 0.338 e. The van der Waals surface area contributed by atoms with Crippen LogP contribution in [-0.4, -0.2) is 42.6 Å². The minimum Gasteiger partial charge on any atom is -0.462 e. The van der Waals surface area contributed by atoms with Crippen LogP contribution in [0.5, 0.6) is 0 Å². The lowest BCUT2D eigenvalue weighted by Crippen LogP contribution is -2.52. The predicted molar refractivity (Wildman–Crippen MR) is 171 cm³/mol. The number of ether oxygens (including phenoxy) is 1. The maximum absolute atomic E-state index is 12.2. The molecule has 0 saturated heterocycles. The van der Waals surface area contributed by atoms with E-state index in [1.807, 2.05) is 44.7 Å². The largest absolute Gasteiger partial charge is 0.462 e. The van der Waals surface area contributed by atoms with E-state index < -0.39 is 0 Å². The highest BCUT2D eigenvalue weighted by molar-refractivity contribution is 8.04. The number of rotatable bonds is 9. The summed E-state index contributed by atoms with van der Waals surface area (Å²) < 4.78 is 5.20. The molecule has 0 fully saturated rings. The van der Waals surface area contributed by atoms with Crippen LogP contribution in [0.15, 0.2) is 65.2 Å². The van der Waals surface area contributed by atoms with Crippen LogP contribution in [0.4, 0.5) is 5.69 Å². The first-order valence-electron chi connectivity index (χ1n) is 14.9. The molecule has 0 saturated carbocycles. The molecular formula is C34H51N3O2S. The molecule has 40 heavy (non-hydrogen) atoms. The molecule has 0 radical (unpaired) electrons. The van der Waals surface area contributed by atoms with Crippen molar-refractivity contribution in [3.05, 3.63) is 76.3 Å². The zero-order valence-electron chi connectivity index (χ0n) is 26.4. The van der Waals surface area contributed by atoms with Crippen molar-refractivity contribution in [3.63, 3.8) is 0 Å². The number of hydrogen-bond acceptors (Lipinski definition) is 6. The summed E-state index contributed by atoms with van der Waals surface area (Å²) in [6.45, 7) is 22.2. The molecule has 0 spiro atoms. The first kappa shape index (κ1) is 32.1. The van der Waals surface area contributed by atoms with E-state index in [4.69, 9.17) is 4.74 Å². The molecule has 2 atom stereocenters. The molecule has 2 aromatic rings. The number of esters is 1. The Morgan fingerprint density at radius 2 is 1.70 bits per heavy atom. The third-order valence-corrected chi connectivity index (χ3v) is 9.63. The molecule has 5 nitrogen and oxygen atoms in total. The fourth-order valence-corrected chi connectivity index (χ4v) is 7.65. The lowest BCUT2D eigenvalue weighted by molar-refractivity contribution is 0.0526. The topological polar surface area (TPSA) is 44.8 Å². The van der Waals surface area contributed by atoms with Gasteiger partial charge in [0.2, 0.25) is 0 Å². The van der Waals surface area contributed by atoms with Crippen molar-refractivity contribution >= 4 is 23.4 Å². The molecule has 2 aliphatic rings. The van der Waals surface area contributed by atoms with Gasteiger partial charge in [0.1, 0.15) is 0 Å². The van der Waals surface area contributed by atoms with Gasteiger partial charge in [-0.15, -0.1) is 0 Å². The zero-order chi connectivity index (χ0) is 29.7. The normalized spacial score (nSPS) is 21.0.